The highest BCUT2D eigenvalue weighted by atomic mass is 16.5. The van der Waals surface area contributed by atoms with Crippen molar-refractivity contribution < 1.29 is 9.53 Å². The zero-order valence-corrected chi connectivity index (χ0v) is 14.7. The number of carbonyl (C=O) groups excluding carboxylic acids is 1. The first-order valence-corrected chi connectivity index (χ1v) is 8.79. The predicted octanol–water partition coefficient (Wildman–Crippen LogP) is 4.47. The molecule has 0 fully saturated rings. The van der Waals surface area contributed by atoms with E-state index in [1.54, 1.807) is 0 Å². The quantitative estimate of drug-likeness (QED) is 0.754. The third-order valence-electron chi connectivity index (χ3n) is 4.39. The maximum Gasteiger partial charge on any atom is 0.261 e. The summed E-state index contributed by atoms with van der Waals surface area (Å²) < 4.78 is 5.93. The molecule has 126 valence electrons. The van der Waals surface area contributed by atoms with Crippen LogP contribution in [-0.2, 0) is 4.79 Å². The Morgan fingerprint density at radius 1 is 1.30 bits per heavy atom. The largest absolute Gasteiger partial charge is 0.480 e. The fourth-order valence-corrected chi connectivity index (χ4v) is 3.00. The van der Waals surface area contributed by atoms with Gasteiger partial charge in [-0.25, -0.2) is 0 Å². The lowest BCUT2D eigenvalue weighted by atomic mass is 9.97. The SMILES string of the molecule is CC[C@@H](Oc1ccc(C)cc1C)C(=O)NCCC1=CCCCC1. The zero-order chi connectivity index (χ0) is 16.7. The highest BCUT2D eigenvalue weighted by molar-refractivity contribution is 5.81. The molecule has 0 aromatic heterocycles. The minimum Gasteiger partial charge on any atom is -0.480 e. The van der Waals surface area contributed by atoms with Gasteiger partial charge in [0, 0.05) is 6.54 Å². The summed E-state index contributed by atoms with van der Waals surface area (Å²) in [5.74, 6) is 0.788. The summed E-state index contributed by atoms with van der Waals surface area (Å²) in [5, 5.41) is 3.03. The van der Waals surface area contributed by atoms with E-state index in [-0.39, 0.29) is 5.91 Å². The van der Waals surface area contributed by atoms with Crippen molar-refractivity contribution in [3.05, 3.63) is 41.0 Å². The van der Waals surface area contributed by atoms with E-state index in [0.717, 1.165) is 17.7 Å². The van der Waals surface area contributed by atoms with E-state index in [4.69, 9.17) is 4.74 Å². The van der Waals surface area contributed by atoms with E-state index in [9.17, 15) is 4.79 Å². The summed E-state index contributed by atoms with van der Waals surface area (Å²) >= 11 is 0. The monoisotopic (exact) mass is 315 g/mol. The van der Waals surface area contributed by atoms with Crippen LogP contribution in [0.4, 0.5) is 0 Å². The molecule has 3 heteroatoms. The first kappa shape index (κ1) is 17.6. The van der Waals surface area contributed by atoms with Gasteiger partial charge in [0.1, 0.15) is 5.75 Å². The van der Waals surface area contributed by atoms with Crippen molar-refractivity contribution in [2.75, 3.05) is 6.54 Å². The minimum atomic E-state index is -0.420. The van der Waals surface area contributed by atoms with Crippen LogP contribution in [0.2, 0.25) is 0 Å². The van der Waals surface area contributed by atoms with E-state index in [1.165, 1.54) is 36.8 Å². The van der Waals surface area contributed by atoms with Crippen LogP contribution in [0.5, 0.6) is 5.75 Å². The van der Waals surface area contributed by atoms with Gasteiger partial charge in [-0.1, -0.05) is 36.3 Å². The molecule has 1 aliphatic carbocycles. The highest BCUT2D eigenvalue weighted by Gasteiger charge is 2.18. The molecule has 3 nitrogen and oxygen atoms in total. The number of hydrogen-bond acceptors (Lipinski definition) is 2. The average Bonchev–Trinajstić information content (AvgIpc) is 2.55. The Labute approximate surface area is 140 Å². The van der Waals surface area contributed by atoms with Crippen molar-refractivity contribution in [2.24, 2.45) is 0 Å². The second-order valence-corrected chi connectivity index (χ2v) is 6.43. The van der Waals surface area contributed by atoms with Gasteiger partial charge >= 0.3 is 0 Å². The number of hydrogen-bond donors (Lipinski definition) is 1. The fraction of sp³-hybridized carbons (Fsp3) is 0.550. The van der Waals surface area contributed by atoms with Crippen LogP contribution < -0.4 is 10.1 Å². The number of ether oxygens (including phenoxy) is 1. The molecule has 1 amide bonds. The molecule has 1 atom stereocenters. The minimum absolute atomic E-state index is 0.0103. The lowest BCUT2D eigenvalue weighted by Crippen LogP contribution is -2.38. The van der Waals surface area contributed by atoms with E-state index in [1.807, 2.05) is 26.0 Å². The third kappa shape index (κ3) is 5.42. The molecule has 2 rings (SSSR count). The molecular weight excluding hydrogens is 286 g/mol. The third-order valence-corrected chi connectivity index (χ3v) is 4.39. The van der Waals surface area contributed by atoms with Gasteiger partial charge in [-0.05, 0) is 64.0 Å². The van der Waals surface area contributed by atoms with Gasteiger partial charge in [0.05, 0.1) is 0 Å². The van der Waals surface area contributed by atoms with Crippen molar-refractivity contribution in [3.8, 4) is 5.75 Å². The summed E-state index contributed by atoms with van der Waals surface area (Å²) in [6, 6.07) is 6.05. The summed E-state index contributed by atoms with van der Waals surface area (Å²) in [6.07, 6.45) is 8.51. The Hall–Kier alpha value is -1.77. The van der Waals surface area contributed by atoms with Crippen molar-refractivity contribution in [2.45, 2.75) is 65.4 Å². The molecule has 0 saturated carbocycles. The highest BCUT2D eigenvalue weighted by Crippen LogP contribution is 2.21. The summed E-state index contributed by atoms with van der Waals surface area (Å²) in [5.41, 5.74) is 3.76. The maximum atomic E-state index is 12.3. The molecule has 0 bridgehead atoms. The fourth-order valence-electron chi connectivity index (χ4n) is 3.00. The standard InChI is InChI=1S/C20H29NO2/c1-4-18(23-19-11-10-15(2)14-16(19)3)20(22)21-13-12-17-8-6-5-7-9-17/h8,10-11,14,18H,4-7,9,12-13H2,1-3H3,(H,21,22)/t18-/m1/s1. The van der Waals surface area contributed by atoms with Crippen molar-refractivity contribution in [1.82, 2.24) is 5.32 Å². The normalized spacial score (nSPS) is 15.7. The lowest BCUT2D eigenvalue weighted by molar-refractivity contribution is -0.128. The number of allylic oxidation sites excluding steroid dienone is 1. The van der Waals surface area contributed by atoms with Crippen molar-refractivity contribution in [3.63, 3.8) is 0 Å². The number of benzene rings is 1. The molecule has 1 aliphatic rings. The molecule has 0 unspecified atom stereocenters. The van der Waals surface area contributed by atoms with E-state index >= 15 is 0 Å². The Kier molecular flexibility index (Phi) is 6.69. The molecule has 23 heavy (non-hydrogen) atoms. The molecule has 1 N–H and O–H groups in total. The Bertz CT molecular complexity index is 563. The maximum absolute atomic E-state index is 12.3. The van der Waals surface area contributed by atoms with Gasteiger partial charge in [-0.3, -0.25) is 4.79 Å². The van der Waals surface area contributed by atoms with Crippen LogP contribution >= 0.6 is 0 Å². The molecular formula is C20H29NO2. The number of rotatable bonds is 7. The molecule has 0 radical (unpaired) electrons. The molecule has 0 aliphatic heterocycles. The van der Waals surface area contributed by atoms with Gasteiger partial charge in [-0.2, -0.15) is 0 Å². The Morgan fingerprint density at radius 3 is 2.78 bits per heavy atom. The van der Waals surface area contributed by atoms with Crippen LogP contribution in [0.15, 0.2) is 29.8 Å². The van der Waals surface area contributed by atoms with Crippen LogP contribution in [0.25, 0.3) is 0 Å². The molecule has 0 spiro atoms. The van der Waals surface area contributed by atoms with Gasteiger partial charge < -0.3 is 10.1 Å². The summed E-state index contributed by atoms with van der Waals surface area (Å²) in [4.78, 5) is 12.3. The first-order valence-electron chi connectivity index (χ1n) is 8.79. The van der Waals surface area contributed by atoms with E-state index in [2.05, 4.69) is 24.4 Å². The van der Waals surface area contributed by atoms with Crippen LogP contribution in [0.1, 0.15) is 56.6 Å². The number of nitrogens with one attached hydrogen (secondary N) is 1. The lowest BCUT2D eigenvalue weighted by Gasteiger charge is -2.19. The van der Waals surface area contributed by atoms with E-state index in [0.29, 0.717) is 13.0 Å². The van der Waals surface area contributed by atoms with Gasteiger partial charge in [0.25, 0.3) is 5.91 Å². The second-order valence-electron chi connectivity index (χ2n) is 6.43. The Morgan fingerprint density at radius 2 is 2.13 bits per heavy atom. The second kappa shape index (κ2) is 8.76. The molecule has 0 heterocycles. The van der Waals surface area contributed by atoms with Crippen LogP contribution in [0, 0.1) is 13.8 Å². The first-order chi connectivity index (χ1) is 11.1. The number of carbonyl (C=O) groups is 1. The zero-order valence-electron chi connectivity index (χ0n) is 14.7. The summed E-state index contributed by atoms with van der Waals surface area (Å²) in [6.45, 7) is 6.76. The van der Waals surface area contributed by atoms with Crippen molar-refractivity contribution in [1.29, 1.82) is 0 Å². The van der Waals surface area contributed by atoms with Crippen LogP contribution in [-0.4, -0.2) is 18.6 Å². The summed E-state index contributed by atoms with van der Waals surface area (Å²) in [7, 11) is 0. The van der Waals surface area contributed by atoms with Gasteiger partial charge in [0.15, 0.2) is 6.10 Å². The number of amides is 1. The molecule has 0 saturated heterocycles. The van der Waals surface area contributed by atoms with Crippen molar-refractivity contribution >= 4 is 5.91 Å². The average molecular weight is 315 g/mol. The van der Waals surface area contributed by atoms with E-state index < -0.39 is 6.10 Å². The topological polar surface area (TPSA) is 38.3 Å². The number of aryl methyl sites for hydroxylation is 2. The van der Waals surface area contributed by atoms with Gasteiger partial charge in [-0.15, -0.1) is 0 Å². The van der Waals surface area contributed by atoms with Gasteiger partial charge in [0.2, 0.25) is 0 Å². The Balaban J connectivity index is 1.84. The predicted molar refractivity (Wildman–Crippen MR) is 94.8 cm³/mol. The molecule has 1 aromatic carbocycles. The van der Waals surface area contributed by atoms with Crippen LogP contribution in [0.3, 0.4) is 0 Å². The smallest absolute Gasteiger partial charge is 0.261 e. The molecule has 1 aromatic rings.